The number of ether oxygens (including phenoxy) is 1. The van der Waals surface area contributed by atoms with E-state index in [-0.39, 0.29) is 0 Å². The van der Waals surface area contributed by atoms with Gasteiger partial charge in [-0.1, -0.05) is 13.3 Å². The molecular formula is C13H21NO3S2. The van der Waals surface area contributed by atoms with Crippen molar-refractivity contribution >= 4 is 21.4 Å². The Morgan fingerprint density at radius 2 is 2.32 bits per heavy atom. The summed E-state index contributed by atoms with van der Waals surface area (Å²) in [6.45, 7) is 3.91. The van der Waals surface area contributed by atoms with Gasteiger partial charge in [0.25, 0.3) is 10.0 Å². The Balaban J connectivity index is 2.23. The molecular weight excluding hydrogens is 282 g/mol. The Morgan fingerprint density at radius 3 is 3.00 bits per heavy atom. The number of rotatable bonds is 6. The second kappa shape index (κ2) is 6.35. The van der Waals surface area contributed by atoms with E-state index < -0.39 is 10.0 Å². The summed E-state index contributed by atoms with van der Waals surface area (Å²) >= 11 is 1.34. The summed E-state index contributed by atoms with van der Waals surface area (Å²) in [6, 6.07) is 1.98. The Bertz CT molecular complexity index is 510. The minimum Gasteiger partial charge on any atom is -0.385 e. The van der Waals surface area contributed by atoms with Crippen molar-refractivity contribution in [3.05, 3.63) is 17.0 Å². The highest BCUT2D eigenvalue weighted by molar-refractivity contribution is 7.91. The molecule has 0 amide bonds. The molecule has 0 saturated heterocycles. The predicted octanol–water partition coefficient (Wildman–Crippen LogP) is 2.67. The van der Waals surface area contributed by atoms with Gasteiger partial charge in [-0.25, -0.2) is 8.42 Å². The summed E-state index contributed by atoms with van der Waals surface area (Å²) in [5.41, 5.74) is 1.02. The minimum atomic E-state index is -3.27. The second-order valence-corrected chi connectivity index (χ2v) is 7.91. The quantitative estimate of drug-likeness (QED) is 0.759. The number of thiophene rings is 1. The van der Waals surface area contributed by atoms with E-state index in [9.17, 15) is 8.42 Å². The number of fused-ring (bicyclic) bond motifs is 1. The van der Waals surface area contributed by atoms with Gasteiger partial charge in [-0.05, 0) is 35.8 Å². The maximum Gasteiger partial charge on any atom is 0.252 e. The average molecular weight is 303 g/mol. The van der Waals surface area contributed by atoms with Crippen LogP contribution in [0, 0.1) is 0 Å². The number of sulfonamides is 1. The van der Waals surface area contributed by atoms with Crippen molar-refractivity contribution in [2.24, 2.45) is 0 Å². The van der Waals surface area contributed by atoms with E-state index in [4.69, 9.17) is 4.74 Å². The minimum absolute atomic E-state index is 0.345. The van der Waals surface area contributed by atoms with Crippen molar-refractivity contribution in [2.45, 2.75) is 36.3 Å². The predicted molar refractivity (Wildman–Crippen MR) is 77.2 cm³/mol. The van der Waals surface area contributed by atoms with Gasteiger partial charge in [-0.15, -0.1) is 11.3 Å². The third kappa shape index (κ3) is 3.02. The molecule has 0 unspecified atom stereocenters. The molecule has 1 aromatic heterocycles. The van der Waals surface area contributed by atoms with E-state index in [1.54, 1.807) is 11.4 Å². The fraction of sp³-hybridized carbons (Fsp3) is 0.692. The van der Waals surface area contributed by atoms with E-state index in [0.29, 0.717) is 29.8 Å². The third-order valence-electron chi connectivity index (χ3n) is 3.49. The topological polar surface area (TPSA) is 46.6 Å². The fourth-order valence-electron chi connectivity index (χ4n) is 2.57. The molecule has 1 aromatic rings. The average Bonchev–Trinajstić information content (AvgIpc) is 2.85. The summed E-state index contributed by atoms with van der Waals surface area (Å²) in [5, 5.41) is 1.89. The molecule has 0 N–H and O–H groups in total. The van der Waals surface area contributed by atoms with Gasteiger partial charge < -0.3 is 4.74 Å². The van der Waals surface area contributed by atoms with Gasteiger partial charge in [0.05, 0.1) is 0 Å². The summed E-state index contributed by atoms with van der Waals surface area (Å²) in [6.07, 6.45) is 2.86. The van der Waals surface area contributed by atoms with Crippen LogP contribution in [0.2, 0.25) is 0 Å². The van der Waals surface area contributed by atoms with Crippen LogP contribution >= 0.6 is 11.3 Å². The van der Waals surface area contributed by atoms with E-state index in [1.807, 2.05) is 11.4 Å². The smallest absolute Gasteiger partial charge is 0.252 e. The number of hydrogen-bond acceptors (Lipinski definition) is 4. The molecule has 0 spiro atoms. The molecule has 4 nitrogen and oxygen atoms in total. The molecule has 2 heterocycles. The lowest BCUT2D eigenvalue weighted by Crippen LogP contribution is -2.39. The zero-order valence-electron chi connectivity index (χ0n) is 11.5. The van der Waals surface area contributed by atoms with Crippen LogP contribution in [-0.2, 0) is 14.8 Å². The first kappa shape index (κ1) is 15.0. The second-order valence-electron chi connectivity index (χ2n) is 4.86. The van der Waals surface area contributed by atoms with E-state index in [2.05, 4.69) is 6.92 Å². The SMILES string of the molecule is CCC[C@H]1CN(CCCOC)S(=O)(=O)c2sccc21. The monoisotopic (exact) mass is 303 g/mol. The van der Waals surface area contributed by atoms with Crippen molar-refractivity contribution in [3.63, 3.8) is 0 Å². The van der Waals surface area contributed by atoms with Gasteiger partial charge in [0.15, 0.2) is 0 Å². The molecule has 0 radical (unpaired) electrons. The van der Waals surface area contributed by atoms with Crippen LogP contribution in [0.1, 0.15) is 37.7 Å². The zero-order valence-corrected chi connectivity index (χ0v) is 13.1. The summed E-state index contributed by atoms with van der Waals surface area (Å²) < 4.78 is 32.2. The van der Waals surface area contributed by atoms with Crippen LogP contribution < -0.4 is 0 Å². The number of hydrogen-bond donors (Lipinski definition) is 0. The van der Waals surface area contributed by atoms with Crippen molar-refractivity contribution in [1.29, 1.82) is 0 Å². The van der Waals surface area contributed by atoms with Gasteiger partial charge in [0.2, 0.25) is 0 Å². The highest BCUT2D eigenvalue weighted by Crippen LogP contribution is 2.39. The lowest BCUT2D eigenvalue weighted by molar-refractivity contribution is 0.185. The van der Waals surface area contributed by atoms with Crippen LogP contribution in [0.15, 0.2) is 15.7 Å². The van der Waals surface area contributed by atoms with Crippen LogP contribution in [0.25, 0.3) is 0 Å². The molecule has 0 saturated carbocycles. The molecule has 1 atom stereocenters. The molecule has 19 heavy (non-hydrogen) atoms. The first-order chi connectivity index (χ1) is 9.11. The van der Waals surface area contributed by atoms with Crippen LogP contribution in [-0.4, -0.2) is 39.5 Å². The van der Waals surface area contributed by atoms with Gasteiger partial charge in [0.1, 0.15) is 4.21 Å². The standard InChI is InChI=1S/C13H21NO3S2/c1-3-5-11-10-14(7-4-8-17-2)19(15,16)13-12(11)6-9-18-13/h6,9,11H,3-5,7-8,10H2,1-2H3/t11-/m0/s1. The van der Waals surface area contributed by atoms with Crippen molar-refractivity contribution in [2.75, 3.05) is 26.8 Å². The van der Waals surface area contributed by atoms with E-state index >= 15 is 0 Å². The van der Waals surface area contributed by atoms with Gasteiger partial charge in [-0.2, -0.15) is 4.31 Å². The van der Waals surface area contributed by atoms with Crippen molar-refractivity contribution < 1.29 is 13.2 Å². The van der Waals surface area contributed by atoms with Gasteiger partial charge in [-0.3, -0.25) is 0 Å². The zero-order chi connectivity index (χ0) is 13.9. The first-order valence-corrected chi connectivity index (χ1v) is 8.99. The summed E-state index contributed by atoms with van der Waals surface area (Å²) in [5.74, 6) is 0.345. The first-order valence-electron chi connectivity index (χ1n) is 6.67. The normalized spacial score (nSPS) is 22.3. The molecule has 0 bridgehead atoms. The Labute approximate surface area is 119 Å². The molecule has 0 aromatic carbocycles. The molecule has 1 aliphatic heterocycles. The molecule has 0 aliphatic carbocycles. The molecule has 1 aliphatic rings. The van der Waals surface area contributed by atoms with Crippen LogP contribution in [0.4, 0.5) is 0 Å². The summed E-state index contributed by atoms with van der Waals surface area (Å²) in [7, 11) is -1.63. The Kier molecular flexibility index (Phi) is 5.00. The highest BCUT2D eigenvalue weighted by atomic mass is 32.2. The third-order valence-corrected chi connectivity index (χ3v) is 6.85. The summed E-state index contributed by atoms with van der Waals surface area (Å²) in [4.78, 5) is 0. The van der Waals surface area contributed by atoms with Gasteiger partial charge >= 0.3 is 0 Å². The van der Waals surface area contributed by atoms with E-state index in [1.165, 1.54) is 11.3 Å². The maximum absolute atomic E-state index is 12.5. The molecule has 6 heteroatoms. The van der Waals surface area contributed by atoms with Gasteiger partial charge in [0, 0.05) is 26.8 Å². The Morgan fingerprint density at radius 1 is 1.53 bits per heavy atom. The fourth-order valence-corrected chi connectivity index (χ4v) is 5.76. The number of nitrogens with zero attached hydrogens (tertiary/aromatic N) is 1. The Hall–Kier alpha value is -0.430. The van der Waals surface area contributed by atoms with Crippen molar-refractivity contribution in [3.8, 4) is 0 Å². The molecule has 0 fully saturated rings. The lowest BCUT2D eigenvalue weighted by Gasteiger charge is -2.32. The maximum atomic E-state index is 12.5. The van der Waals surface area contributed by atoms with Crippen molar-refractivity contribution in [1.82, 2.24) is 4.31 Å². The highest BCUT2D eigenvalue weighted by Gasteiger charge is 2.37. The number of methoxy groups -OCH3 is 1. The molecule has 2 rings (SSSR count). The van der Waals surface area contributed by atoms with E-state index in [0.717, 1.165) is 24.8 Å². The lowest BCUT2D eigenvalue weighted by atomic mass is 9.97. The van der Waals surface area contributed by atoms with Crippen LogP contribution in [0.3, 0.4) is 0 Å². The van der Waals surface area contributed by atoms with Crippen LogP contribution in [0.5, 0.6) is 0 Å². The molecule has 108 valence electrons. The largest absolute Gasteiger partial charge is 0.385 e.